The molecule has 0 atom stereocenters. The topological polar surface area (TPSA) is 26.0 Å². The highest BCUT2D eigenvalue weighted by atomic mass is 14.6. The highest BCUT2D eigenvalue weighted by molar-refractivity contribution is 6.02. The van der Waals surface area contributed by atoms with E-state index in [9.17, 15) is 0 Å². The molecule has 25 heavy (non-hydrogen) atoms. The van der Waals surface area contributed by atoms with E-state index in [4.69, 9.17) is 5.73 Å². The quantitative estimate of drug-likeness (QED) is 0.349. The van der Waals surface area contributed by atoms with Crippen LogP contribution in [0.1, 0.15) is 51.0 Å². The molecule has 0 saturated carbocycles. The largest absolute Gasteiger partial charge is 0.398 e. The first-order valence-electron chi connectivity index (χ1n) is 9.66. The zero-order valence-electron chi connectivity index (χ0n) is 15.3. The maximum absolute atomic E-state index is 6.29. The second-order valence-electron chi connectivity index (χ2n) is 6.97. The van der Waals surface area contributed by atoms with Crippen LogP contribution in [0.3, 0.4) is 0 Å². The van der Waals surface area contributed by atoms with Crippen LogP contribution in [-0.2, 0) is 6.42 Å². The molecule has 2 N–H and O–H groups in total. The van der Waals surface area contributed by atoms with Crippen molar-refractivity contribution in [2.75, 3.05) is 5.73 Å². The van der Waals surface area contributed by atoms with Crippen LogP contribution in [0, 0.1) is 0 Å². The molecule has 0 unspecified atom stereocenters. The molecule has 0 aliphatic heterocycles. The lowest BCUT2D eigenvalue weighted by molar-refractivity contribution is 0.607. The molecular weight excluding hydrogens is 302 g/mol. The van der Waals surface area contributed by atoms with E-state index >= 15 is 0 Å². The molecule has 0 fully saturated rings. The van der Waals surface area contributed by atoms with Gasteiger partial charge in [0.1, 0.15) is 0 Å². The Morgan fingerprint density at radius 3 is 2.24 bits per heavy atom. The first-order valence-corrected chi connectivity index (χ1v) is 9.66. The molecule has 0 aliphatic carbocycles. The molecule has 1 nitrogen and oxygen atoms in total. The third kappa shape index (κ3) is 4.42. The van der Waals surface area contributed by atoms with Gasteiger partial charge in [-0.1, -0.05) is 93.6 Å². The Bertz CT molecular complexity index is 802. The number of fused-ring (bicyclic) bond motifs is 1. The van der Waals surface area contributed by atoms with Crippen molar-refractivity contribution in [1.82, 2.24) is 0 Å². The van der Waals surface area contributed by atoms with Crippen LogP contribution in [0.4, 0.5) is 5.69 Å². The number of hydrogen-bond donors (Lipinski definition) is 1. The number of unbranched alkanes of at least 4 members (excludes halogenated alkanes) is 5. The number of nitrogen functional groups attached to an aromatic ring is 1. The molecule has 0 radical (unpaired) electrons. The highest BCUT2D eigenvalue weighted by Gasteiger charge is 2.07. The number of nitrogens with two attached hydrogens (primary N) is 1. The van der Waals surface area contributed by atoms with E-state index in [-0.39, 0.29) is 0 Å². The van der Waals surface area contributed by atoms with Crippen LogP contribution < -0.4 is 5.73 Å². The van der Waals surface area contributed by atoms with Gasteiger partial charge in [-0.3, -0.25) is 0 Å². The molecule has 0 bridgehead atoms. The number of aryl methyl sites for hydroxylation is 1. The van der Waals surface area contributed by atoms with Gasteiger partial charge < -0.3 is 5.73 Å². The van der Waals surface area contributed by atoms with Crippen LogP contribution >= 0.6 is 0 Å². The monoisotopic (exact) mass is 331 g/mol. The van der Waals surface area contributed by atoms with Crippen LogP contribution in [0.2, 0.25) is 0 Å². The van der Waals surface area contributed by atoms with Crippen molar-refractivity contribution in [3.8, 4) is 11.1 Å². The Balaban J connectivity index is 1.70. The van der Waals surface area contributed by atoms with Gasteiger partial charge in [0, 0.05) is 11.3 Å². The van der Waals surface area contributed by atoms with Crippen molar-refractivity contribution in [2.24, 2.45) is 0 Å². The lowest BCUT2D eigenvalue weighted by Gasteiger charge is -2.11. The molecule has 0 amide bonds. The zero-order chi connectivity index (χ0) is 17.5. The van der Waals surface area contributed by atoms with Crippen LogP contribution in [0.25, 0.3) is 21.9 Å². The molecule has 0 aliphatic rings. The van der Waals surface area contributed by atoms with Crippen LogP contribution in [0.15, 0.2) is 60.7 Å². The van der Waals surface area contributed by atoms with Gasteiger partial charge >= 0.3 is 0 Å². The Labute approximate surface area is 151 Å². The lowest BCUT2D eigenvalue weighted by Crippen LogP contribution is -1.92. The van der Waals surface area contributed by atoms with E-state index in [2.05, 4.69) is 61.5 Å². The van der Waals surface area contributed by atoms with Crippen LogP contribution in [0.5, 0.6) is 0 Å². The van der Waals surface area contributed by atoms with Gasteiger partial charge in [0.2, 0.25) is 0 Å². The van der Waals surface area contributed by atoms with Crippen molar-refractivity contribution in [3.05, 3.63) is 66.2 Å². The van der Waals surface area contributed by atoms with Gasteiger partial charge in [-0.25, -0.2) is 0 Å². The first-order chi connectivity index (χ1) is 12.3. The summed E-state index contributed by atoms with van der Waals surface area (Å²) in [5, 5.41) is 2.47. The Hall–Kier alpha value is -2.28. The fourth-order valence-corrected chi connectivity index (χ4v) is 3.56. The van der Waals surface area contributed by atoms with Gasteiger partial charge in [-0.2, -0.15) is 0 Å². The number of hydrogen-bond acceptors (Lipinski definition) is 1. The second kappa shape index (κ2) is 8.71. The third-order valence-corrected chi connectivity index (χ3v) is 5.02. The smallest absolute Gasteiger partial charge is 0.0400 e. The van der Waals surface area contributed by atoms with Crippen molar-refractivity contribution in [2.45, 2.75) is 51.9 Å². The molecule has 3 aromatic rings. The van der Waals surface area contributed by atoms with Gasteiger partial charge in [-0.05, 0) is 40.8 Å². The SMILES string of the molecule is CCCCCCCCc1ccc(-c2c(N)ccc3ccccc23)cc1. The fourth-order valence-electron chi connectivity index (χ4n) is 3.56. The van der Waals surface area contributed by atoms with Crippen LogP contribution in [-0.4, -0.2) is 0 Å². The summed E-state index contributed by atoms with van der Waals surface area (Å²) in [6.07, 6.45) is 9.27. The minimum Gasteiger partial charge on any atom is -0.398 e. The fraction of sp³-hybridized carbons (Fsp3) is 0.333. The van der Waals surface area contributed by atoms with Crippen molar-refractivity contribution >= 4 is 16.5 Å². The summed E-state index contributed by atoms with van der Waals surface area (Å²) in [7, 11) is 0. The second-order valence-corrected chi connectivity index (χ2v) is 6.97. The maximum atomic E-state index is 6.29. The summed E-state index contributed by atoms with van der Waals surface area (Å²) in [4.78, 5) is 0. The summed E-state index contributed by atoms with van der Waals surface area (Å²) in [5.74, 6) is 0. The van der Waals surface area contributed by atoms with Gasteiger partial charge in [0.05, 0.1) is 0 Å². The van der Waals surface area contributed by atoms with Crippen molar-refractivity contribution < 1.29 is 0 Å². The van der Waals surface area contributed by atoms with Gasteiger partial charge in [-0.15, -0.1) is 0 Å². The first kappa shape index (κ1) is 17.5. The predicted molar refractivity (Wildman–Crippen MR) is 111 cm³/mol. The minimum absolute atomic E-state index is 0.849. The third-order valence-electron chi connectivity index (χ3n) is 5.02. The standard InChI is InChI=1S/C24H29N/c1-2-3-4-5-6-7-10-19-13-15-21(16-14-19)24-22-12-9-8-11-20(22)17-18-23(24)25/h8-9,11-18H,2-7,10,25H2,1H3. The maximum Gasteiger partial charge on any atom is 0.0400 e. The Kier molecular flexibility index (Phi) is 6.11. The highest BCUT2D eigenvalue weighted by Crippen LogP contribution is 2.34. The summed E-state index contributed by atoms with van der Waals surface area (Å²) < 4.78 is 0. The van der Waals surface area contributed by atoms with E-state index in [1.807, 2.05) is 6.07 Å². The molecule has 1 heteroatoms. The number of benzene rings is 3. The van der Waals surface area contributed by atoms with Gasteiger partial charge in [0.15, 0.2) is 0 Å². The molecular formula is C24H29N. The van der Waals surface area contributed by atoms with Crippen molar-refractivity contribution in [3.63, 3.8) is 0 Å². The minimum atomic E-state index is 0.849. The summed E-state index contributed by atoms with van der Waals surface area (Å²) in [5.41, 5.74) is 10.9. The summed E-state index contributed by atoms with van der Waals surface area (Å²) >= 11 is 0. The number of anilines is 1. The molecule has 3 aromatic carbocycles. The molecule has 3 rings (SSSR count). The predicted octanol–water partition coefficient (Wildman–Crippen LogP) is 6.99. The summed E-state index contributed by atoms with van der Waals surface area (Å²) in [6.45, 7) is 2.27. The number of rotatable bonds is 8. The Morgan fingerprint density at radius 1 is 0.720 bits per heavy atom. The molecule has 0 aromatic heterocycles. The van der Waals surface area contributed by atoms with E-state index in [0.717, 1.165) is 11.3 Å². The normalized spacial score (nSPS) is 11.1. The van der Waals surface area contributed by atoms with E-state index in [1.54, 1.807) is 0 Å². The molecule has 0 spiro atoms. The summed E-state index contributed by atoms with van der Waals surface area (Å²) in [6, 6.07) is 21.6. The van der Waals surface area contributed by atoms with E-state index in [1.165, 1.54) is 66.8 Å². The lowest BCUT2D eigenvalue weighted by atomic mass is 9.95. The van der Waals surface area contributed by atoms with Crippen molar-refractivity contribution in [1.29, 1.82) is 0 Å². The molecule has 0 heterocycles. The molecule has 130 valence electrons. The average molecular weight is 332 g/mol. The van der Waals surface area contributed by atoms with Gasteiger partial charge in [0.25, 0.3) is 0 Å². The Morgan fingerprint density at radius 2 is 1.44 bits per heavy atom. The molecule has 0 saturated heterocycles. The zero-order valence-corrected chi connectivity index (χ0v) is 15.3. The van der Waals surface area contributed by atoms with E-state index < -0.39 is 0 Å². The average Bonchev–Trinajstić information content (AvgIpc) is 2.65. The van der Waals surface area contributed by atoms with E-state index in [0.29, 0.717) is 0 Å².